The van der Waals surface area contributed by atoms with E-state index in [1.807, 2.05) is 52.2 Å². The maximum Gasteiger partial charge on any atom is 0.196 e. The minimum absolute atomic E-state index is 0.580. The average molecular weight is 301 g/mol. The first kappa shape index (κ1) is 13.6. The van der Waals surface area contributed by atoms with E-state index in [9.17, 15) is 4.79 Å². The number of hydrogen-bond donors (Lipinski definition) is 0. The molecule has 5 nitrogen and oxygen atoms in total. The fourth-order valence-corrected chi connectivity index (χ4v) is 3.02. The Labute approximate surface area is 126 Å². The monoisotopic (exact) mass is 301 g/mol. The van der Waals surface area contributed by atoms with Gasteiger partial charge in [0.15, 0.2) is 17.1 Å². The Bertz CT molecular complexity index is 778. The zero-order valence-electron chi connectivity index (χ0n) is 11.8. The van der Waals surface area contributed by atoms with Crippen LogP contribution in [0.1, 0.15) is 16.1 Å². The van der Waals surface area contributed by atoms with Crippen LogP contribution >= 0.6 is 11.3 Å². The van der Waals surface area contributed by atoms with Crippen molar-refractivity contribution in [3.63, 3.8) is 0 Å². The first-order valence-corrected chi connectivity index (χ1v) is 7.35. The van der Waals surface area contributed by atoms with E-state index in [2.05, 4.69) is 4.98 Å². The number of ether oxygens (including phenoxy) is 1. The van der Waals surface area contributed by atoms with Crippen LogP contribution in [0.25, 0.3) is 4.96 Å². The molecular formula is C15H15N3O2S. The van der Waals surface area contributed by atoms with Crippen molar-refractivity contribution in [1.29, 1.82) is 0 Å². The third-order valence-electron chi connectivity index (χ3n) is 3.31. The first-order valence-electron chi connectivity index (χ1n) is 6.47. The second-order valence-corrected chi connectivity index (χ2v) is 5.57. The Hall–Kier alpha value is -2.34. The number of carbonyl (C=O) groups is 1. The molecule has 0 aliphatic carbocycles. The third-order valence-corrected chi connectivity index (χ3v) is 4.06. The lowest BCUT2D eigenvalue weighted by Crippen LogP contribution is -2.18. The molecule has 0 unspecified atom stereocenters. The van der Waals surface area contributed by atoms with Gasteiger partial charge in [-0.15, -0.1) is 11.3 Å². The van der Waals surface area contributed by atoms with Crippen LogP contribution in [0.2, 0.25) is 0 Å². The van der Waals surface area contributed by atoms with Gasteiger partial charge in [0, 0.05) is 25.2 Å². The van der Waals surface area contributed by atoms with Gasteiger partial charge in [0.25, 0.3) is 0 Å². The van der Waals surface area contributed by atoms with Crippen LogP contribution in [0.3, 0.4) is 0 Å². The lowest BCUT2D eigenvalue weighted by atomic mass is 10.2. The number of carbonyl (C=O) groups excluding carboxylic acids is 1. The zero-order chi connectivity index (χ0) is 14.8. The van der Waals surface area contributed by atoms with Gasteiger partial charge in [-0.2, -0.15) is 0 Å². The molecule has 0 amide bonds. The minimum atomic E-state index is 0.580. The van der Waals surface area contributed by atoms with Crippen LogP contribution in [0.15, 0.2) is 35.8 Å². The van der Waals surface area contributed by atoms with Gasteiger partial charge in [-0.1, -0.05) is 12.1 Å². The highest BCUT2D eigenvalue weighted by molar-refractivity contribution is 7.15. The summed E-state index contributed by atoms with van der Waals surface area (Å²) in [6, 6.07) is 7.87. The molecule has 6 heteroatoms. The van der Waals surface area contributed by atoms with Crippen molar-refractivity contribution in [1.82, 2.24) is 9.38 Å². The summed E-state index contributed by atoms with van der Waals surface area (Å²) in [5, 5.41) is 1.92. The molecule has 108 valence electrons. The zero-order valence-corrected chi connectivity index (χ0v) is 12.6. The van der Waals surface area contributed by atoms with Crippen molar-refractivity contribution >= 4 is 28.4 Å². The van der Waals surface area contributed by atoms with Crippen LogP contribution in [0.5, 0.6) is 5.75 Å². The summed E-state index contributed by atoms with van der Waals surface area (Å²) in [6.45, 7) is 0.656. The predicted molar refractivity (Wildman–Crippen MR) is 83.6 cm³/mol. The Morgan fingerprint density at radius 1 is 1.48 bits per heavy atom. The van der Waals surface area contributed by atoms with E-state index in [1.165, 1.54) is 11.3 Å². The second kappa shape index (κ2) is 5.57. The van der Waals surface area contributed by atoms with E-state index in [4.69, 9.17) is 4.74 Å². The van der Waals surface area contributed by atoms with Crippen LogP contribution < -0.4 is 9.64 Å². The summed E-state index contributed by atoms with van der Waals surface area (Å²) in [6.07, 6.45) is 2.71. The molecule has 0 saturated carbocycles. The summed E-state index contributed by atoms with van der Waals surface area (Å²) < 4.78 is 7.04. The van der Waals surface area contributed by atoms with Gasteiger partial charge < -0.3 is 9.64 Å². The molecule has 21 heavy (non-hydrogen) atoms. The molecule has 3 rings (SSSR count). The fourth-order valence-electron chi connectivity index (χ4n) is 2.30. The molecule has 0 radical (unpaired) electrons. The number of methoxy groups -OCH3 is 1. The molecule has 0 atom stereocenters. The number of aromatic nitrogens is 2. The van der Waals surface area contributed by atoms with Crippen molar-refractivity contribution in [3.05, 3.63) is 47.1 Å². The Morgan fingerprint density at radius 3 is 3.10 bits per heavy atom. The highest BCUT2D eigenvalue weighted by Crippen LogP contribution is 2.24. The van der Waals surface area contributed by atoms with Gasteiger partial charge in [0.1, 0.15) is 11.4 Å². The predicted octanol–water partition coefficient (Wildman–Crippen LogP) is 2.85. The van der Waals surface area contributed by atoms with Crippen molar-refractivity contribution < 1.29 is 9.53 Å². The molecule has 0 saturated heterocycles. The lowest BCUT2D eigenvalue weighted by Gasteiger charge is -2.17. The Morgan fingerprint density at radius 2 is 2.33 bits per heavy atom. The standard InChI is InChI=1S/C15H15N3O2S/c1-17(9-11-4-3-5-12(8-11)20-2)14-13(10-19)18-6-7-21-15(18)16-14/h3-8,10H,9H2,1-2H3. The number of nitrogens with zero attached hydrogens (tertiary/aromatic N) is 3. The maximum atomic E-state index is 11.4. The van der Waals surface area contributed by atoms with Gasteiger partial charge in [-0.05, 0) is 17.7 Å². The van der Waals surface area contributed by atoms with E-state index in [0.717, 1.165) is 22.6 Å². The van der Waals surface area contributed by atoms with Gasteiger partial charge >= 0.3 is 0 Å². The third kappa shape index (κ3) is 2.50. The highest BCUT2D eigenvalue weighted by Gasteiger charge is 2.16. The van der Waals surface area contributed by atoms with Gasteiger partial charge in [0.05, 0.1) is 7.11 Å². The second-order valence-electron chi connectivity index (χ2n) is 4.70. The van der Waals surface area contributed by atoms with E-state index in [-0.39, 0.29) is 0 Å². The normalized spacial score (nSPS) is 10.8. The molecule has 0 spiro atoms. The number of benzene rings is 1. The number of thiazole rings is 1. The molecule has 3 aromatic rings. The van der Waals surface area contributed by atoms with Gasteiger partial charge in [0.2, 0.25) is 0 Å². The fraction of sp³-hybridized carbons (Fsp3) is 0.200. The van der Waals surface area contributed by atoms with Crippen molar-refractivity contribution in [2.75, 3.05) is 19.1 Å². The minimum Gasteiger partial charge on any atom is -0.497 e. The van der Waals surface area contributed by atoms with E-state index >= 15 is 0 Å². The van der Waals surface area contributed by atoms with Crippen molar-refractivity contribution in [3.8, 4) is 5.75 Å². The Kier molecular flexibility index (Phi) is 3.62. The smallest absolute Gasteiger partial charge is 0.196 e. The van der Waals surface area contributed by atoms with E-state index in [0.29, 0.717) is 18.1 Å². The first-order chi connectivity index (χ1) is 10.2. The number of hydrogen-bond acceptors (Lipinski definition) is 5. The van der Waals surface area contributed by atoms with Crippen LogP contribution in [-0.2, 0) is 6.54 Å². The van der Waals surface area contributed by atoms with Crippen molar-refractivity contribution in [2.24, 2.45) is 0 Å². The highest BCUT2D eigenvalue weighted by atomic mass is 32.1. The molecule has 2 aromatic heterocycles. The largest absolute Gasteiger partial charge is 0.497 e. The summed E-state index contributed by atoms with van der Waals surface area (Å²) >= 11 is 1.51. The summed E-state index contributed by atoms with van der Waals surface area (Å²) in [4.78, 5) is 18.7. The molecule has 0 bridgehead atoms. The lowest BCUT2D eigenvalue weighted by molar-refractivity contribution is 0.111. The van der Waals surface area contributed by atoms with Crippen LogP contribution in [0.4, 0.5) is 5.82 Å². The van der Waals surface area contributed by atoms with Gasteiger partial charge in [-0.3, -0.25) is 9.20 Å². The van der Waals surface area contributed by atoms with Crippen LogP contribution in [0, 0.1) is 0 Å². The van der Waals surface area contributed by atoms with E-state index in [1.54, 1.807) is 7.11 Å². The van der Waals surface area contributed by atoms with Crippen LogP contribution in [-0.4, -0.2) is 29.8 Å². The summed E-state index contributed by atoms with van der Waals surface area (Å²) in [7, 11) is 3.58. The molecule has 1 aromatic carbocycles. The molecule has 0 N–H and O–H groups in total. The summed E-state index contributed by atoms with van der Waals surface area (Å²) in [5.74, 6) is 1.52. The number of anilines is 1. The van der Waals surface area contributed by atoms with Crippen molar-refractivity contribution in [2.45, 2.75) is 6.54 Å². The van der Waals surface area contributed by atoms with E-state index < -0.39 is 0 Å². The number of aldehydes is 1. The number of imidazole rings is 1. The molecule has 2 heterocycles. The average Bonchev–Trinajstić information content (AvgIpc) is 3.07. The number of rotatable bonds is 5. The molecular weight excluding hydrogens is 286 g/mol. The Balaban J connectivity index is 1.90. The molecule has 0 fully saturated rings. The van der Waals surface area contributed by atoms with Gasteiger partial charge in [-0.25, -0.2) is 4.98 Å². The molecule has 0 aliphatic heterocycles. The summed E-state index contributed by atoms with van der Waals surface area (Å²) in [5.41, 5.74) is 1.68. The SMILES string of the molecule is COc1cccc(CN(C)c2nc3sccn3c2C=O)c1. The number of fused-ring (bicyclic) bond motifs is 1. The quantitative estimate of drug-likeness (QED) is 0.680. The molecule has 0 aliphatic rings. The maximum absolute atomic E-state index is 11.4. The topological polar surface area (TPSA) is 46.8 Å².